The molecule has 0 atom stereocenters. The molecule has 158 valence electrons. The van der Waals surface area contributed by atoms with E-state index in [4.69, 9.17) is 14.2 Å². The Morgan fingerprint density at radius 3 is 2.70 bits per heavy atom. The summed E-state index contributed by atoms with van der Waals surface area (Å²) in [7, 11) is 3.20. The number of nitrogens with zero attached hydrogens (tertiary/aromatic N) is 1. The van der Waals surface area contributed by atoms with Crippen molar-refractivity contribution in [3.05, 3.63) is 59.1 Å². The summed E-state index contributed by atoms with van der Waals surface area (Å²) in [4.78, 5) is 17.2. The van der Waals surface area contributed by atoms with E-state index in [-0.39, 0.29) is 12.6 Å². The molecule has 0 saturated heterocycles. The van der Waals surface area contributed by atoms with E-state index < -0.39 is 0 Å². The molecule has 1 heterocycles. The van der Waals surface area contributed by atoms with Crippen LogP contribution in [0, 0.1) is 0 Å². The predicted molar refractivity (Wildman–Crippen MR) is 120 cm³/mol. The van der Waals surface area contributed by atoms with E-state index in [9.17, 15) is 4.79 Å². The number of methoxy groups -OCH3 is 2. The lowest BCUT2D eigenvalue weighted by Gasteiger charge is -2.11. The number of thiazole rings is 1. The van der Waals surface area contributed by atoms with Gasteiger partial charge in [-0.25, -0.2) is 9.78 Å². The molecule has 2 aromatic carbocycles. The third-order valence-electron chi connectivity index (χ3n) is 4.53. The van der Waals surface area contributed by atoms with Crippen LogP contribution in [0.15, 0.2) is 47.8 Å². The molecule has 0 aliphatic carbocycles. The molecule has 3 aromatic rings. The second-order valence-electron chi connectivity index (χ2n) is 6.59. The number of carbonyl (C=O) groups is 1. The summed E-state index contributed by atoms with van der Waals surface area (Å²) in [6.45, 7) is 3.05. The zero-order valence-corrected chi connectivity index (χ0v) is 18.3. The number of unbranched alkanes of at least 4 members (excludes halogenated alkanes) is 1. The van der Waals surface area contributed by atoms with Gasteiger partial charge >= 0.3 is 5.97 Å². The Balaban J connectivity index is 1.69. The molecular formula is C23H26N2O4S. The molecule has 7 heteroatoms. The highest BCUT2D eigenvalue weighted by molar-refractivity contribution is 7.13. The van der Waals surface area contributed by atoms with Gasteiger partial charge in [0.2, 0.25) is 0 Å². The molecule has 0 bridgehead atoms. The highest BCUT2D eigenvalue weighted by Crippen LogP contribution is 2.39. The number of para-hydroxylation sites is 2. The number of hydrogen-bond acceptors (Lipinski definition) is 7. The topological polar surface area (TPSA) is 69.7 Å². The number of benzene rings is 2. The van der Waals surface area contributed by atoms with E-state index in [1.54, 1.807) is 20.3 Å². The second-order valence-corrected chi connectivity index (χ2v) is 7.45. The third-order valence-corrected chi connectivity index (χ3v) is 5.45. The van der Waals surface area contributed by atoms with Crippen molar-refractivity contribution in [3.8, 4) is 22.1 Å². The average Bonchev–Trinajstić information content (AvgIpc) is 3.26. The van der Waals surface area contributed by atoms with E-state index in [1.165, 1.54) is 11.3 Å². The molecule has 0 aliphatic rings. The second kappa shape index (κ2) is 10.6. The molecule has 0 fully saturated rings. The van der Waals surface area contributed by atoms with Crippen molar-refractivity contribution in [1.82, 2.24) is 4.98 Å². The summed E-state index contributed by atoms with van der Waals surface area (Å²) >= 11 is 1.47. The Morgan fingerprint density at radius 1 is 1.10 bits per heavy atom. The molecule has 0 radical (unpaired) electrons. The fourth-order valence-electron chi connectivity index (χ4n) is 2.98. The van der Waals surface area contributed by atoms with E-state index in [0.717, 1.165) is 35.6 Å². The zero-order valence-electron chi connectivity index (χ0n) is 17.4. The molecule has 1 aromatic heterocycles. The van der Waals surface area contributed by atoms with Crippen molar-refractivity contribution in [3.63, 3.8) is 0 Å². The summed E-state index contributed by atoms with van der Waals surface area (Å²) in [5, 5.41) is 5.96. The van der Waals surface area contributed by atoms with Gasteiger partial charge in [-0.05, 0) is 30.7 Å². The maximum absolute atomic E-state index is 12.6. The van der Waals surface area contributed by atoms with Gasteiger partial charge < -0.3 is 19.5 Å². The molecule has 3 rings (SSSR count). The Bertz CT molecular complexity index is 987. The van der Waals surface area contributed by atoms with E-state index in [0.29, 0.717) is 22.8 Å². The molecular weight excluding hydrogens is 400 g/mol. The summed E-state index contributed by atoms with van der Waals surface area (Å²) in [5.41, 5.74) is 2.84. The van der Waals surface area contributed by atoms with Crippen molar-refractivity contribution < 1.29 is 19.0 Å². The van der Waals surface area contributed by atoms with Crippen LogP contribution < -0.4 is 14.8 Å². The van der Waals surface area contributed by atoms with Crippen LogP contribution >= 0.6 is 11.3 Å². The smallest absolute Gasteiger partial charge is 0.340 e. The van der Waals surface area contributed by atoms with Crippen molar-refractivity contribution in [2.45, 2.75) is 26.4 Å². The first-order valence-electron chi connectivity index (χ1n) is 9.83. The fourth-order valence-corrected chi connectivity index (χ4v) is 3.81. The van der Waals surface area contributed by atoms with Gasteiger partial charge in [-0.2, -0.15) is 0 Å². The number of esters is 1. The first kappa shape index (κ1) is 21.6. The van der Waals surface area contributed by atoms with Crippen LogP contribution in [0.5, 0.6) is 11.5 Å². The van der Waals surface area contributed by atoms with Crippen LogP contribution in [-0.2, 0) is 11.3 Å². The minimum Gasteiger partial charge on any atom is -0.493 e. The van der Waals surface area contributed by atoms with Crippen LogP contribution in [0.4, 0.5) is 5.69 Å². The van der Waals surface area contributed by atoms with Gasteiger partial charge in [0.05, 0.1) is 31.0 Å². The lowest BCUT2D eigenvalue weighted by molar-refractivity contribution is 0.0469. The van der Waals surface area contributed by atoms with Gasteiger partial charge in [-0.3, -0.25) is 0 Å². The van der Waals surface area contributed by atoms with Gasteiger partial charge in [-0.1, -0.05) is 31.5 Å². The molecule has 0 spiro atoms. The number of hydrogen-bond donors (Lipinski definition) is 1. The predicted octanol–water partition coefficient (Wildman–Crippen LogP) is 5.40. The van der Waals surface area contributed by atoms with Gasteiger partial charge in [-0.15, -0.1) is 11.3 Å². The van der Waals surface area contributed by atoms with Crippen LogP contribution in [0.3, 0.4) is 0 Å². The zero-order chi connectivity index (χ0) is 21.3. The van der Waals surface area contributed by atoms with Crippen molar-refractivity contribution in [2.75, 3.05) is 26.1 Å². The Morgan fingerprint density at radius 2 is 1.93 bits per heavy atom. The Hall–Kier alpha value is -3.06. The van der Waals surface area contributed by atoms with E-state index in [2.05, 4.69) is 17.2 Å². The van der Waals surface area contributed by atoms with Crippen molar-refractivity contribution in [2.24, 2.45) is 0 Å². The van der Waals surface area contributed by atoms with Gasteiger partial charge in [0.15, 0.2) is 11.5 Å². The molecule has 0 aliphatic heterocycles. The third kappa shape index (κ3) is 5.10. The maximum Gasteiger partial charge on any atom is 0.340 e. The summed E-state index contributed by atoms with van der Waals surface area (Å²) in [6.07, 6.45) is 2.13. The summed E-state index contributed by atoms with van der Waals surface area (Å²) in [5.74, 6) is 0.901. The SMILES string of the molecule is CCCCNc1ccccc1C(=O)OCc1csc(-c2cccc(OC)c2OC)n1. The first-order chi connectivity index (χ1) is 14.7. The average molecular weight is 427 g/mol. The van der Waals surface area contributed by atoms with E-state index >= 15 is 0 Å². The van der Waals surface area contributed by atoms with Crippen LogP contribution in [0.25, 0.3) is 10.6 Å². The minimum absolute atomic E-state index is 0.102. The Kier molecular flexibility index (Phi) is 7.68. The van der Waals surface area contributed by atoms with Crippen molar-refractivity contribution in [1.29, 1.82) is 0 Å². The number of anilines is 1. The molecule has 1 N–H and O–H groups in total. The lowest BCUT2D eigenvalue weighted by atomic mass is 10.1. The minimum atomic E-state index is -0.372. The monoisotopic (exact) mass is 426 g/mol. The molecule has 6 nitrogen and oxygen atoms in total. The maximum atomic E-state index is 12.6. The highest BCUT2D eigenvalue weighted by Gasteiger charge is 2.16. The molecule has 0 amide bonds. The number of carbonyl (C=O) groups excluding carboxylic acids is 1. The van der Waals surface area contributed by atoms with Gasteiger partial charge in [0.1, 0.15) is 11.6 Å². The number of nitrogens with one attached hydrogen (secondary N) is 1. The van der Waals surface area contributed by atoms with Gasteiger partial charge in [0, 0.05) is 17.6 Å². The van der Waals surface area contributed by atoms with Crippen LogP contribution in [-0.4, -0.2) is 31.7 Å². The Labute approximate surface area is 180 Å². The quantitative estimate of drug-likeness (QED) is 0.346. The number of rotatable bonds is 10. The number of ether oxygens (including phenoxy) is 3. The van der Waals surface area contributed by atoms with E-state index in [1.807, 2.05) is 41.8 Å². The molecule has 0 saturated carbocycles. The first-order valence-corrected chi connectivity index (χ1v) is 10.7. The fraction of sp³-hybridized carbons (Fsp3) is 0.304. The van der Waals surface area contributed by atoms with Crippen LogP contribution in [0.1, 0.15) is 35.8 Å². The summed E-state index contributed by atoms with van der Waals surface area (Å²) in [6, 6.07) is 13.0. The highest BCUT2D eigenvalue weighted by atomic mass is 32.1. The van der Waals surface area contributed by atoms with Gasteiger partial charge in [0.25, 0.3) is 0 Å². The lowest BCUT2D eigenvalue weighted by Crippen LogP contribution is -2.10. The largest absolute Gasteiger partial charge is 0.493 e. The summed E-state index contributed by atoms with van der Waals surface area (Å²) < 4.78 is 16.4. The van der Waals surface area contributed by atoms with Crippen LogP contribution in [0.2, 0.25) is 0 Å². The normalized spacial score (nSPS) is 10.5. The molecule has 30 heavy (non-hydrogen) atoms. The molecule has 0 unspecified atom stereocenters. The number of aromatic nitrogens is 1. The van der Waals surface area contributed by atoms with Crippen molar-refractivity contribution >= 4 is 23.0 Å². The standard InChI is InChI=1S/C23H26N2O4S/c1-4-5-13-24-19-11-7-6-9-17(19)23(26)29-14-16-15-30-22(25-16)18-10-8-12-20(27-2)21(18)28-3/h6-12,15,24H,4-5,13-14H2,1-3H3.